The van der Waals surface area contributed by atoms with Crippen LogP contribution in [0, 0.1) is 6.92 Å². The lowest BCUT2D eigenvalue weighted by Crippen LogP contribution is -2.45. The molecule has 0 bridgehead atoms. The summed E-state index contributed by atoms with van der Waals surface area (Å²) in [5.74, 6) is -1.31. The highest BCUT2D eigenvalue weighted by Crippen LogP contribution is 2.61. The van der Waals surface area contributed by atoms with E-state index in [1.54, 1.807) is 0 Å². The maximum Gasteiger partial charge on any atom is 0.202 e. The average Bonchev–Trinajstić information content (AvgIpc) is 3.38. The van der Waals surface area contributed by atoms with Crippen LogP contribution in [0.5, 0.6) is 11.5 Å². The fourth-order valence-electron chi connectivity index (χ4n) is 4.27. The number of benzene rings is 1. The van der Waals surface area contributed by atoms with Gasteiger partial charge in [-0.2, -0.15) is 0 Å². The van der Waals surface area contributed by atoms with E-state index >= 15 is 0 Å². The van der Waals surface area contributed by atoms with Gasteiger partial charge in [0.2, 0.25) is 5.78 Å². The Hall–Kier alpha value is -2.66. The molecule has 1 aromatic rings. The molecule has 1 aliphatic carbocycles. The number of phenolic OH excluding ortho intramolecular Hbond substituents is 2. The number of carbonyl (C=O) groups is 2. The van der Waals surface area contributed by atoms with Crippen LogP contribution in [0.4, 0.5) is 0 Å². The molecule has 5 heteroatoms. The third-order valence-corrected chi connectivity index (χ3v) is 6.32. The SMILES string of the molecule is CC(C)=CCC/C(C)=C/C[C@]12O[C@@]1(CC=C(C)C)C(=O)c1c(cc(O)c(C)c1O)C2=O. The van der Waals surface area contributed by atoms with Gasteiger partial charge in [-0.1, -0.05) is 34.9 Å². The van der Waals surface area contributed by atoms with Crippen molar-refractivity contribution in [3.8, 4) is 11.5 Å². The Morgan fingerprint density at radius 2 is 1.52 bits per heavy atom. The van der Waals surface area contributed by atoms with Crippen molar-refractivity contribution in [3.05, 3.63) is 57.7 Å². The number of carbonyl (C=O) groups excluding carboxylic acids is 2. The van der Waals surface area contributed by atoms with Gasteiger partial charge >= 0.3 is 0 Å². The number of fused-ring (bicyclic) bond motifs is 2. The Bertz CT molecular complexity index is 1030. The van der Waals surface area contributed by atoms with E-state index in [0.717, 1.165) is 24.0 Å². The van der Waals surface area contributed by atoms with Crippen molar-refractivity contribution in [2.45, 2.75) is 78.4 Å². The first-order valence-electron chi connectivity index (χ1n) is 10.7. The van der Waals surface area contributed by atoms with Gasteiger partial charge in [-0.15, -0.1) is 0 Å². The Balaban J connectivity index is 2.03. The fourth-order valence-corrected chi connectivity index (χ4v) is 4.27. The molecule has 2 atom stereocenters. The molecule has 0 aromatic heterocycles. The monoisotopic (exact) mass is 424 g/mol. The summed E-state index contributed by atoms with van der Waals surface area (Å²) in [5.41, 5.74) is 0.966. The van der Waals surface area contributed by atoms with Gasteiger partial charge in [0, 0.05) is 24.0 Å². The molecule has 1 aromatic carbocycles. The standard InChI is InChI=1S/C26H32O5/c1-15(2)8-7-9-17(5)11-13-25-23(29)19-14-20(27)18(6)22(28)21(19)24(30)26(25,31-25)12-10-16(3)4/h8,10-11,14,27-28H,7,9,12-13H2,1-6H3/b17-11+/t25-,26+/m1/s1. The van der Waals surface area contributed by atoms with Crippen molar-refractivity contribution in [1.29, 1.82) is 0 Å². The molecular weight excluding hydrogens is 392 g/mol. The summed E-state index contributed by atoms with van der Waals surface area (Å²) in [6.07, 6.45) is 8.37. The number of rotatable bonds is 7. The van der Waals surface area contributed by atoms with Crippen LogP contribution >= 0.6 is 0 Å². The molecule has 0 spiro atoms. The first kappa shape index (κ1) is 23.0. The predicted molar refractivity (Wildman–Crippen MR) is 121 cm³/mol. The van der Waals surface area contributed by atoms with Crippen molar-refractivity contribution in [3.63, 3.8) is 0 Å². The van der Waals surface area contributed by atoms with E-state index in [9.17, 15) is 19.8 Å². The second kappa shape index (κ2) is 8.12. The van der Waals surface area contributed by atoms with Crippen LogP contribution in [0.15, 0.2) is 41.0 Å². The van der Waals surface area contributed by atoms with Crippen molar-refractivity contribution < 1.29 is 24.5 Å². The lowest BCUT2D eigenvalue weighted by atomic mass is 9.70. The summed E-state index contributed by atoms with van der Waals surface area (Å²) in [6, 6.07) is 1.28. The number of ether oxygens (including phenoxy) is 1. The lowest BCUT2D eigenvalue weighted by Gasteiger charge is -2.25. The number of hydrogen-bond acceptors (Lipinski definition) is 5. The summed E-state index contributed by atoms with van der Waals surface area (Å²) < 4.78 is 6.05. The summed E-state index contributed by atoms with van der Waals surface area (Å²) >= 11 is 0. The van der Waals surface area contributed by atoms with Gasteiger partial charge in [0.05, 0.1) is 5.56 Å². The van der Waals surface area contributed by atoms with Gasteiger partial charge < -0.3 is 14.9 Å². The van der Waals surface area contributed by atoms with Crippen molar-refractivity contribution in [1.82, 2.24) is 0 Å². The molecule has 1 saturated heterocycles. The van der Waals surface area contributed by atoms with E-state index in [2.05, 4.69) is 19.9 Å². The molecule has 0 radical (unpaired) electrons. The molecule has 2 aliphatic rings. The van der Waals surface area contributed by atoms with Gasteiger partial charge in [-0.05, 0) is 60.5 Å². The minimum atomic E-state index is -1.31. The Morgan fingerprint density at radius 1 is 0.935 bits per heavy atom. The second-order valence-electron chi connectivity index (χ2n) is 9.27. The number of epoxide rings is 1. The summed E-state index contributed by atoms with van der Waals surface area (Å²) in [6.45, 7) is 11.5. The van der Waals surface area contributed by atoms with E-state index < -0.39 is 17.0 Å². The molecule has 3 rings (SSSR count). The molecule has 5 nitrogen and oxygen atoms in total. The molecule has 1 aliphatic heterocycles. The largest absolute Gasteiger partial charge is 0.508 e. The molecule has 0 unspecified atom stereocenters. The van der Waals surface area contributed by atoms with Crippen LogP contribution in [0.25, 0.3) is 0 Å². The van der Waals surface area contributed by atoms with Crippen LogP contribution in [0.2, 0.25) is 0 Å². The number of Topliss-reactive ketones (excluding diaryl/α,β-unsaturated/α-hetero) is 2. The Labute approximate surface area is 184 Å². The van der Waals surface area contributed by atoms with E-state index in [0.29, 0.717) is 0 Å². The maximum absolute atomic E-state index is 13.5. The summed E-state index contributed by atoms with van der Waals surface area (Å²) in [7, 11) is 0. The lowest BCUT2D eigenvalue weighted by molar-refractivity contribution is 0.0837. The zero-order valence-electron chi connectivity index (χ0n) is 19.3. The summed E-state index contributed by atoms with van der Waals surface area (Å²) in [5, 5.41) is 20.7. The van der Waals surface area contributed by atoms with Crippen LogP contribution in [0.3, 0.4) is 0 Å². The van der Waals surface area contributed by atoms with Crippen LogP contribution < -0.4 is 0 Å². The molecule has 166 valence electrons. The van der Waals surface area contributed by atoms with E-state index in [1.165, 1.54) is 18.6 Å². The van der Waals surface area contributed by atoms with E-state index in [1.807, 2.05) is 32.9 Å². The Kier molecular flexibility index (Phi) is 6.03. The second-order valence-corrected chi connectivity index (χ2v) is 9.27. The third kappa shape index (κ3) is 3.76. The highest BCUT2D eigenvalue weighted by atomic mass is 16.6. The van der Waals surface area contributed by atoms with Crippen molar-refractivity contribution in [2.24, 2.45) is 0 Å². The van der Waals surface area contributed by atoms with E-state index in [-0.39, 0.29) is 46.8 Å². The van der Waals surface area contributed by atoms with Gasteiger partial charge in [0.15, 0.2) is 17.0 Å². The summed E-state index contributed by atoms with van der Waals surface area (Å²) in [4.78, 5) is 27.1. The normalized spacial score (nSPS) is 24.4. The molecule has 31 heavy (non-hydrogen) atoms. The van der Waals surface area contributed by atoms with Crippen molar-refractivity contribution in [2.75, 3.05) is 0 Å². The first-order chi connectivity index (χ1) is 14.5. The number of aromatic hydroxyl groups is 2. The number of allylic oxidation sites excluding steroid dienone is 4. The first-order valence-corrected chi connectivity index (χ1v) is 10.7. The highest BCUT2D eigenvalue weighted by Gasteiger charge is 2.79. The molecule has 0 saturated carbocycles. The highest BCUT2D eigenvalue weighted by molar-refractivity contribution is 6.26. The van der Waals surface area contributed by atoms with Crippen LogP contribution in [-0.2, 0) is 4.74 Å². The van der Waals surface area contributed by atoms with Gasteiger partial charge in [-0.3, -0.25) is 9.59 Å². The number of phenols is 2. The Morgan fingerprint density at radius 3 is 2.13 bits per heavy atom. The number of ketones is 2. The zero-order chi connectivity index (χ0) is 23.1. The minimum Gasteiger partial charge on any atom is -0.508 e. The molecule has 0 amide bonds. The van der Waals surface area contributed by atoms with Gasteiger partial charge in [0.1, 0.15) is 11.5 Å². The van der Waals surface area contributed by atoms with Crippen LogP contribution in [-0.4, -0.2) is 33.0 Å². The van der Waals surface area contributed by atoms with Crippen molar-refractivity contribution >= 4 is 11.6 Å². The molecular formula is C26H32O5. The quantitative estimate of drug-likeness (QED) is 0.431. The number of hydrogen-bond donors (Lipinski definition) is 2. The maximum atomic E-state index is 13.5. The topological polar surface area (TPSA) is 87.1 Å². The molecule has 2 N–H and O–H groups in total. The van der Waals surface area contributed by atoms with E-state index in [4.69, 9.17) is 4.74 Å². The predicted octanol–water partition coefficient (Wildman–Crippen LogP) is 5.73. The van der Waals surface area contributed by atoms with Gasteiger partial charge in [-0.25, -0.2) is 0 Å². The van der Waals surface area contributed by atoms with Gasteiger partial charge in [0.25, 0.3) is 0 Å². The third-order valence-electron chi connectivity index (χ3n) is 6.32. The van der Waals surface area contributed by atoms with Crippen LogP contribution in [0.1, 0.15) is 86.6 Å². The fraction of sp³-hybridized carbons (Fsp3) is 0.462. The zero-order valence-corrected chi connectivity index (χ0v) is 19.3. The molecule has 1 fully saturated rings. The minimum absolute atomic E-state index is 0.0338. The average molecular weight is 425 g/mol. The molecule has 1 heterocycles. The smallest absolute Gasteiger partial charge is 0.202 e.